The van der Waals surface area contributed by atoms with Gasteiger partial charge >= 0.3 is 11.9 Å². The summed E-state index contributed by atoms with van der Waals surface area (Å²) in [6.45, 7) is 7.88. The molecule has 0 unspecified atom stereocenters. The van der Waals surface area contributed by atoms with Gasteiger partial charge in [-0.05, 0) is 47.6 Å². The number of aliphatic hydroxyl groups is 1. The zero-order valence-electron chi connectivity index (χ0n) is 18.3. The molecule has 0 amide bonds. The van der Waals surface area contributed by atoms with Crippen LogP contribution in [0.25, 0.3) is 22.0 Å². The van der Waals surface area contributed by atoms with E-state index >= 15 is 0 Å². The maximum absolute atomic E-state index is 9.10. The molecule has 10 heteroatoms. The highest BCUT2D eigenvalue weighted by atomic mass is 32.1. The fraction of sp³-hybridized carbons (Fsp3) is 0.348. The lowest BCUT2D eigenvalue weighted by molar-refractivity contribution is -0.159. The lowest BCUT2D eigenvalue weighted by atomic mass is 10.1. The van der Waals surface area contributed by atoms with Gasteiger partial charge in [-0.15, -0.1) is 0 Å². The smallest absolute Gasteiger partial charge is 0.414 e. The number of nitrogens with zero attached hydrogens (tertiary/aromatic N) is 3. The molecule has 176 valence electrons. The van der Waals surface area contributed by atoms with E-state index in [1.165, 1.54) is 10.8 Å². The second-order valence-electron chi connectivity index (χ2n) is 7.33. The van der Waals surface area contributed by atoms with Crippen LogP contribution in [0.2, 0.25) is 0 Å². The molecule has 3 aromatic rings. The highest BCUT2D eigenvalue weighted by molar-refractivity contribution is 7.09. The van der Waals surface area contributed by atoms with Gasteiger partial charge in [-0.1, -0.05) is 6.92 Å². The highest BCUT2D eigenvalue weighted by Crippen LogP contribution is 2.33. The van der Waals surface area contributed by atoms with Gasteiger partial charge in [0.05, 0.1) is 12.3 Å². The van der Waals surface area contributed by atoms with Crippen molar-refractivity contribution in [1.29, 1.82) is 0 Å². The normalized spacial score (nSPS) is 13.9. The topological polar surface area (TPSA) is 123 Å². The van der Waals surface area contributed by atoms with Crippen molar-refractivity contribution in [1.82, 2.24) is 9.88 Å². The van der Waals surface area contributed by atoms with E-state index in [-0.39, 0.29) is 6.61 Å². The number of carbonyl (C=O) groups is 2. The average Bonchev–Trinajstić information content (AvgIpc) is 3.32. The molecule has 0 spiro atoms. The predicted molar refractivity (Wildman–Crippen MR) is 127 cm³/mol. The molecule has 3 heterocycles. The van der Waals surface area contributed by atoms with Gasteiger partial charge in [-0.3, -0.25) is 0 Å². The summed E-state index contributed by atoms with van der Waals surface area (Å²) >= 11 is 1.73. The first-order valence-electron chi connectivity index (χ1n) is 10.6. The number of hydrogen-bond acceptors (Lipinski definition) is 8. The molecule has 0 radical (unpaired) electrons. The van der Waals surface area contributed by atoms with Crippen LogP contribution in [-0.4, -0.2) is 83.1 Å². The van der Waals surface area contributed by atoms with Gasteiger partial charge in [-0.25, -0.2) is 14.6 Å². The van der Waals surface area contributed by atoms with Crippen LogP contribution in [0.1, 0.15) is 6.92 Å². The van der Waals surface area contributed by atoms with Gasteiger partial charge in [-0.2, -0.15) is 11.3 Å². The van der Waals surface area contributed by atoms with Crippen molar-refractivity contribution < 1.29 is 29.6 Å². The van der Waals surface area contributed by atoms with E-state index in [0.717, 1.165) is 55.5 Å². The molecule has 2 aromatic heterocycles. The van der Waals surface area contributed by atoms with E-state index in [1.54, 1.807) is 11.3 Å². The molecule has 1 saturated heterocycles. The van der Waals surface area contributed by atoms with Crippen LogP contribution in [0.3, 0.4) is 0 Å². The van der Waals surface area contributed by atoms with Crippen LogP contribution >= 0.6 is 11.3 Å². The average molecular weight is 474 g/mol. The minimum atomic E-state index is -1.82. The first-order chi connectivity index (χ1) is 15.9. The fourth-order valence-corrected chi connectivity index (χ4v) is 4.29. The van der Waals surface area contributed by atoms with E-state index < -0.39 is 11.9 Å². The molecular weight excluding hydrogens is 446 g/mol. The van der Waals surface area contributed by atoms with Crippen LogP contribution < -0.4 is 9.64 Å². The summed E-state index contributed by atoms with van der Waals surface area (Å²) in [7, 11) is 0. The number of ether oxygens (including phenoxy) is 1. The molecule has 3 N–H and O–H groups in total. The zero-order chi connectivity index (χ0) is 23.8. The number of rotatable bonds is 6. The molecule has 4 rings (SSSR count). The minimum absolute atomic E-state index is 0.0206. The molecule has 33 heavy (non-hydrogen) atoms. The van der Waals surface area contributed by atoms with Gasteiger partial charge in [0.1, 0.15) is 18.2 Å². The largest absolute Gasteiger partial charge is 0.491 e. The summed E-state index contributed by atoms with van der Waals surface area (Å²) in [5.74, 6) is -1.79. The summed E-state index contributed by atoms with van der Waals surface area (Å²) < 4.78 is 5.46. The third kappa shape index (κ3) is 6.41. The van der Waals surface area contributed by atoms with E-state index in [4.69, 9.17) is 34.6 Å². The number of hydrogen-bond donors (Lipinski definition) is 3. The number of fused-ring (bicyclic) bond motifs is 1. The van der Waals surface area contributed by atoms with Crippen LogP contribution in [-0.2, 0) is 9.59 Å². The molecule has 1 aliphatic heterocycles. The van der Waals surface area contributed by atoms with Crippen molar-refractivity contribution in [3.63, 3.8) is 0 Å². The number of aliphatic carboxylic acids is 2. The molecular formula is C23H27N3O6S. The highest BCUT2D eigenvalue weighted by Gasteiger charge is 2.20. The quantitative estimate of drug-likeness (QED) is 0.464. The Bertz CT molecular complexity index is 1070. The van der Waals surface area contributed by atoms with Crippen molar-refractivity contribution >= 4 is 39.9 Å². The SMILES string of the molecule is CCN1CCN(c2nc(-c3ccc(OCCO)cc3)cc3cscc23)CC1.O=C(O)C(=O)O. The molecule has 0 bridgehead atoms. The van der Waals surface area contributed by atoms with Gasteiger partial charge in [0.2, 0.25) is 0 Å². The molecule has 9 nitrogen and oxygen atoms in total. The summed E-state index contributed by atoms with van der Waals surface area (Å²) in [5, 5.41) is 30.6. The van der Waals surface area contributed by atoms with E-state index in [0.29, 0.717) is 6.61 Å². The Labute approximate surface area is 195 Å². The first-order valence-corrected chi connectivity index (χ1v) is 11.5. The van der Waals surface area contributed by atoms with Crippen molar-refractivity contribution in [3.8, 4) is 17.0 Å². The standard InChI is InChI=1S/C21H25N3O2S.C2H2O4/c1-2-23-7-9-24(10-8-23)21-19-15-27-14-17(19)13-20(22-21)16-3-5-18(6-4-16)26-12-11-25;3-1(4)2(5)6/h3-6,13-15,25H,2,7-12H2,1H3;(H,3,4)(H,5,6). The third-order valence-electron chi connectivity index (χ3n) is 5.26. The number of pyridine rings is 1. The van der Waals surface area contributed by atoms with Crippen LogP contribution in [0.15, 0.2) is 41.1 Å². The second-order valence-corrected chi connectivity index (χ2v) is 8.08. The number of thiophene rings is 1. The maximum atomic E-state index is 9.10. The number of likely N-dealkylation sites (N-methyl/N-ethyl adjacent to an activating group) is 1. The van der Waals surface area contributed by atoms with Crippen molar-refractivity contribution in [3.05, 3.63) is 41.1 Å². The van der Waals surface area contributed by atoms with E-state index in [9.17, 15) is 0 Å². The summed E-state index contributed by atoms with van der Waals surface area (Å²) in [6, 6.07) is 10.1. The predicted octanol–water partition coefficient (Wildman–Crippen LogP) is 2.63. The molecule has 1 fully saturated rings. The lowest BCUT2D eigenvalue weighted by Crippen LogP contribution is -2.46. The molecule has 0 atom stereocenters. The van der Waals surface area contributed by atoms with Crippen molar-refractivity contribution in [2.24, 2.45) is 0 Å². The lowest BCUT2D eigenvalue weighted by Gasteiger charge is -2.35. The zero-order valence-corrected chi connectivity index (χ0v) is 19.1. The van der Waals surface area contributed by atoms with Crippen LogP contribution in [0, 0.1) is 0 Å². The molecule has 1 aliphatic rings. The Morgan fingerprint density at radius 3 is 2.30 bits per heavy atom. The Morgan fingerprint density at radius 2 is 1.73 bits per heavy atom. The monoisotopic (exact) mass is 473 g/mol. The van der Waals surface area contributed by atoms with E-state index in [1.807, 2.05) is 24.3 Å². The fourth-order valence-electron chi connectivity index (χ4n) is 3.50. The molecule has 0 saturated carbocycles. The van der Waals surface area contributed by atoms with Gasteiger partial charge in [0, 0.05) is 42.5 Å². The minimum Gasteiger partial charge on any atom is -0.491 e. The number of aliphatic hydroxyl groups excluding tert-OH is 1. The molecule has 1 aromatic carbocycles. The maximum Gasteiger partial charge on any atom is 0.414 e. The Hall–Kier alpha value is -3.21. The Balaban J connectivity index is 0.000000454. The Kier molecular flexibility index (Phi) is 8.58. The van der Waals surface area contributed by atoms with Gasteiger partial charge < -0.3 is 29.9 Å². The number of anilines is 1. The third-order valence-corrected chi connectivity index (χ3v) is 6.03. The Morgan fingerprint density at radius 1 is 1.06 bits per heavy atom. The molecule has 0 aliphatic carbocycles. The number of benzene rings is 1. The van der Waals surface area contributed by atoms with Gasteiger partial charge in [0.25, 0.3) is 0 Å². The van der Waals surface area contributed by atoms with Crippen molar-refractivity contribution in [2.75, 3.05) is 50.8 Å². The van der Waals surface area contributed by atoms with Crippen LogP contribution in [0.4, 0.5) is 5.82 Å². The second kappa shape index (κ2) is 11.6. The summed E-state index contributed by atoms with van der Waals surface area (Å²) in [5.41, 5.74) is 2.07. The summed E-state index contributed by atoms with van der Waals surface area (Å²) in [4.78, 5) is 28.1. The van der Waals surface area contributed by atoms with Gasteiger partial charge in [0.15, 0.2) is 0 Å². The number of carboxylic acids is 2. The summed E-state index contributed by atoms with van der Waals surface area (Å²) in [6.07, 6.45) is 0. The number of aromatic nitrogens is 1. The van der Waals surface area contributed by atoms with Crippen molar-refractivity contribution in [2.45, 2.75) is 6.92 Å². The first kappa shape index (κ1) is 24.4. The number of piperazine rings is 1. The number of carboxylic acid groups (broad SMARTS) is 2. The van der Waals surface area contributed by atoms with E-state index in [2.05, 4.69) is 33.6 Å². The van der Waals surface area contributed by atoms with Crippen LogP contribution in [0.5, 0.6) is 5.75 Å².